The molecule has 1 amide bonds. The topological polar surface area (TPSA) is 119 Å². The number of fused-ring (bicyclic) bond motifs is 1. The molecule has 10 nitrogen and oxygen atoms in total. The molecule has 0 spiro atoms. The standard InChI is InChI=1S/C37H31N5O5S2/c1-22-11-10-18-41-23(2)30(38-34(22)41)32(43)29-31(26-16-17-27(28(19-26)46-3)47-20-24-12-6-4-7-13-24)42(35(45)33(29)44)36-39-40-37(49-36)48-21-25-14-8-5-9-15-25/h4-19,31,43H,20-21H2,1-3H3. The van der Waals surface area contributed by atoms with E-state index in [1.807, 2.05) is 97.2 Å². The van der Waals surface area contributed by atoms with Gasteiger partial charge in [0.15, 0.2) is 21.6 Å². The van der Waals surface area contributed by atoms with Crippen molar-refractivity contribution in [3.8, 4) is 11.5 Å². The number of aromatic nitrogens is 4. The number of ketones is 1. The number of carbonyl (C=O) groups excluding carboxylic acids is 2. The quantitative estimate of drug-likeness (QED) is 0.0519. The zero-order valence-corrected chi connectivity index (χ0v) is 28.5. The maximum atomic E-state index is 13.9. The van der Waals surface area contributed by atoms with Gasteiger partial charge in [-0.3, -0.25) is 14.5 Å². The second-order valence-electron chi connectivity index (χ2n) is 11.4. The Morgan fingerprint density at radius 1 is 0.918 bits per heavy atom. The monoisotopic (exact) mass is 689 g/mol. The molecule has 4 heterocycles. The molecule has 0 saturated carbocycles. The Morgan fingerprint density at radius 3 is 2.37 bits per heavy atom. The van der Waals surface area contributed by atoms with Gasteiger partial charge in [0, 0.05) is 11.9 Å². The van der Waals surface area contributed by atoms with Crippen LogP contribution in [0.15, 0.2) is 107 Å². The van der Waals surface area contributed by atoms with Crippen molar-refractivity contribution in [2.75, 3.05) is 12.0 Å². The van der Waals surface area contributed by atoms with Crippen LogP contribution >= 0.6 is 23.1 Å². The van der Waals surface area contributed by atoms with Gasteiger partial charge in [-0.1, -0.05) is 95.9 Å². The summed E-state index contributed by atoms with van der Waals surface area (Å²) >= 11 is 2.69. The SMILES string of the molecule is COc1cc(C2C(=C(O)c3nc4c(C)cccn4c3C)C(=O)C(=O)N2c2nnc(SCc3ccccc3)s2)ccc1OCc1ccccc1. The fourth-order valence-corrected chi connectivity index (χ4v) is 7.63. The normalized spacial score (nSPS) is 15.7. The first kappa shape index (κ1) is 32.1. The van der Waals surface area contributed by atoms with Gasteiger partial charge in [-0.05, 0) is 54.3 Å². The third kappa shape index (κ3) is 6.16. The first-order valence-corrected chi connectivity index (χ1v) is 17.2. The highest BCUT2D eigenvalue weighted by Gasteiger charge is 2.49. The van der Waals surface area contributed by atoms with Crippen molar-refractivity contribution >= 4 is 51.3 Å². The molecule has 49 heavy (non-hydrogen) atoms. The van der Waals surface area contributed by atoms with E-state index in [0.29, 0.717) is 45.1 Å². The van der Waals surface area contributed by atoms with Crippen molar-refractivity contribution in [2.24, 2.45) is 0 Å². The molecule has 0 bridgehead atoms. The molecule has 1 aliphatic rings. The van der Waals surface area contributed by atoms with Gasteiger partial charge in [-0.2, -0.15) is 0 Å². The van der Waals surface area contributed by atoms with Gasteiger partial charge in [-0.25, -0.2) is 4.98 Å². The van der Waals surface area contributed by atoms with E-state index in [4.69, 9.17) is 14.5 Å². The van der Waals surface area contributed by atoms with Crippen LogP contribution in [-0.4, -0.2) is 43.5 Å². The largest absolute Gasteiger partial charge is 0.505 e. The number of pyridine rings is 1. The summed E-state index contributed by atoms with van der Waals surface area (Å²) in [6, 6.07) is 27.6. The molecular formula is C37H31N5O5S2. The lowest BCUT2D eigenvalue weighted by molar-refractivity contribution is -0.132. The second kappa shape index (κ2) is 13.6. The molecule has 0 radical (unpaired) electrons. The maximum absolute atomic E-state index is 13.9. The molecule has 0 aliphatic carbocycles. The number of imidazole rings is 1. The summed E-state index contributed by atoms with van der Waals surface area (Å²) < 4.78 is 14.3. The lowest BCUT2D eigenvalue weighted by Gasteiger charge is -2.23. The number of benzene rings is 3. The molecule has 1 fully saturated rings. The number of aliphatic hydroxyl groups excluding tert-OH is 1. The van der Waals surface area contributed by atoms with E-state index >= 15 is 0 Å². The summed E-state index contributed by atoms with van der Waals surface area (Å²) in [5.41, 5.74) is 4.87. The Balaban J connectivity index is 1.31. The summed E-state index contributed by atoms with van der Waals surface area (Å²) in [6.45, 7) is 4.04. The number of ether oxygens (including phenoxy) is 2. The number of nitrogens with zero attached hydrogens (tertiary/aromatic N) is 5. The third-order valence-corrected chi connectivity index (χ3v) is 10.4. The van der Waals surface area contributed by atoms with Crippen LogP contribution in [0.3, 0.4) is 0 Å². The molecule has 1 N–H and O–H groups in total. The molecule has 12 heteroatoms. The summed E-state index contributed by atoms with van der Waals surface area (Å²) in [6.07, 6.45) is 1.84. The van der Waals surface area contributed by atoms with E-state index in [9.17, 15) is 14.7 Å². The number of hydrogen-bond acceptors (Lipinski definition) is 10. The highest BCUT2D eigenvalue weighted by molar-refractivity contribution is 8.00. The van der Waals surface area contributed by atoms with Crippen LogP contribution in [0.5, 0.6) is 11.5 Å². The van der Waals surface area contributed by atoms with Crippen molar-refractivity contribution < 1.29 is 24.2 Å². The minimum absolute atomic E-state index is 0.108. The van der Waals surface area contributed by atoms with E-state index in [-0.39, 0.29) is 22.2 Å². The van der Waals surface area contributed by atoms with Crippen molar-refractivity contribution in [3.05, 3.63) is 136 Å². The minimum atomic E-state index is -1.05. The predicted octanol–water partition coefficient (Wildman–Crippen LogP) is 7.31. The van der Waals surface area contributed by atoms with Crippen molar-refractivity contribution in [3.63, 3.8) is 0 Å². The number of Topliss-reactive ketones (excluding diaryl/α,β-unsaturated/α-hetero) is 1. The van der Waals surface area contributed by atoms with Gasteiger partial charge < -0.3 is 19.0 Å². The van der Waals surface area contributed by atoms with Gasteiger partial charge in [0.25, 0.3) is 5.78 Å². The smallest absolute Gasteiger partial charge is 0.301 e. The van der Waals surface area contributed by atoms with Crippen molar-refractivity contribution in [2.45, 2.75) is 36.6 Å². The number of thioether (sulfide) groups is 1. The van der Waals surface area contributed by atoms with Gasteiger partial charge in [-0.15, -0.1) is 10.2 Å². The molecule has 3 aromatic carbocycles. The number of amides is 1. The molecule has 246 valence electrons. The van der Waals surface area contributed by atoms with Gasteiger partial charge >= 0.3 is 5.91 Å². The van der Waals surface area contributed by atoms with Gasteiger partial charge in [0.1, 0.15) is 17.9 Å². The molecule has 7 rings (SSSR count). The van der Waals surface area contributed by atoms with E-state index in [0.717, 1.165) is 16.7 Å². The van der Waals surface area contributed by atoms with Crippen LogP contribution in [-0.2, 0) is 21.9 Å². The first-order chi connectivity index (χ1) is 23.8. The minimum Gasteiger partial charge on any atom is -0.505 e. The lowest BCUT2D eigenvalue weighted by atomic mass is 9.96. The van der Waals surface area contributed by atoms with Crippen LogP contribution in [0, 0.1) is 13.8 Å². The number of methoxy groups -OCH3 is 1. The number of anilines is 1. The van der Waals surface area contributed by atoms with Crippen molar-refractivity contribution in [1.82, 2.24) is 19.6 Å². The number of aryl methyl sites for hydroxylation is 2. The van der Waals surface area contributed by atoms with E-state index in [1.54, 1.807) is 18.2 Å². The summed E-state index contributed by atoms with van der Waals surface area (Å²) in [4.78, 5) is 33.8. The number of carbonyl (C=O) groups is 2. The predicted molar refractivity (Wildman–Crippen MR) is 189 cm³/mol. The molecule has 1 aliphatic heterocycles. The Morgan fingerprint density at radius 2 is 1.65 bits per heavy atom. The number of rotatable bonds is 10. The molecule has 1 unspecified atom stereocenters. The Labute approximate surface area is 290 Å². The summed E-state index contributed by atoms with van der Waals surface area (Å²) in [5.74, 6) is -0.524. The highest BCUT2D eigenvalue weighted by Crippen LogP contribution is 2.46. The molecule has 3 aromatic heterocycles. The van der Waals surface area contributed by atoms with Gasteiger partial charge in [0.2, 0.25) is 5.13 Å². The van der Waals surface area contributed by atoms with E-state index in [2.05, 4.69) is 10.2 Å². The molecular weight excluding hydrogens is 659 g/mol. The number of hydrogen-bond donors (Lipinski definition) is 1. The van der Waals surface area contributed by atoms with Crippen LogP contribution in [0.4, 0.5) is 5.13 Å². The molecule has 6 aromatic rings. The zero-order chi connectivity index (χ0) is 34.1. The average Bonchev–Trinajstić information content (AvgIpc) is 3.81. The summed E-state index contributed by atoms with van der Waals surface area (Å²) in [7, 11) is 1.52. The Hall–Kier alpha value is -5.46. The molecule has 1 saturated heterocycles. The molecule has 1 atom stereocenters. The van der Waals surface area contributed by atoms with E-state index in [1.165, 1.54) is 35.1 Å². The first-order valence-electron chi connectivity index (χ1n) is 15.4. The number of aliphatic hydroxyl groups is 1. The highest BCUT2D eigenvalue weighted by atomic mass is 32.2. The van der Waals surface area contributed by atoms with Crippen LogP contribution in [0.1, 0.15) is 39.7 Å². The van der Waals surface area contributed by atoms with Crippen LogP contribution in [0.2, 0.25) is 0 Å². The fraction of sp³-hybridized carbons (Fsp3) is 0.162. The average molecular weight is 690 g/mol. The zero-order valence-electron chi connectivity index (χ0n) is 26.9. The van der Waals surface area contributed by atoms with Crippen LogP contribution < -0.4 is 14.4 Å². The summed E-state index contributed by atoms with van der Waals surface area (Å²) in [5, 5.41) is 20.8. The van der Waals surface area contributed by atoms with Crippen LogP contribution in [0.25, 0.3) is 11.4 Å². The second-order valence-corrected chi connectivity index (χ2v) is 13.6. The maximum Gasteiger partial charge on any atom is 0.301 e. The fourth-order valence-electron chi connectivity index (χ4n) is 5.81. The van der Waals surface area contributed by atoms with Gasteiger partial charge in [0.05, 0.1) is 24.4 Å². The van der Waals surface area contributed by atoms with E-state index < -0.39 is 17.7 Å². The lowest BCUT2D eigenvalue weighted by Crippen LogP contribution is -2.29. The Kier molecular flexibility index (Phi) is 8.89. The van der Waals surface area contributed by atoms with Crippen molar-refractivity contribution in [1.29, 1.82) is 0 Å². The Bertz CT molecular complexity index is 2210. The third-order valence-electron chi connectivity index (χ3n) is 8.30.